The van der Waals surface area contributed by atoms with Gasteiger partial charge in [0.2, 0.25) is 11.8 Å². The number of carbonyl (C=O) groups excluding carboxylic acids is 2. The van der Waals surface area contributed by atoms with Gasteiger partial charge in [-0.2, -0.15) is 0 Å². The molecule has 50 heavy (non-hydrogen) atoms. The van der Waals surface area contributed by atoms with Gasteiger partial charge in [-0.15, -0.1) is 0 Å². The first-order valence-electron chi connectivity index (χ1n) is 16.1. The third-order valence-corrected chi connectivity index (χ3v) is 8.66. The zero-order valence-corrected chi connectivity index (χ0v) is 27.5. The van der Waals surface area contributed by atoms with E-state index in [1.165, 1.54) is 6.08 Å². The van der Waals surface area contributed by atoms with Gasteiger partial charge in [-0.1, -0.05) is 19.9 Å². The molecule has 4 heterocycles. The van der Waals surface area contributed by atoms with Crippen LogP contribution in [0.1, 0.15) is 39.8 Å². The van der Waals surface area contributed by atoms with E-state index in [2.05, 4.69) is 10.6 Å². The molecule has 0 radical (unpaired) electrons. The van der Waals surface area contributed by atoms with E-state index in [0.717, 1.165) is 23.8 Å². The van der Waals surface area contributed by atoms with Gasteiger partial charge >= 0.3 is 5.69 Å². The lowest BCUT2D eigenvalue weighted by Gasteiger charge is -2.47. The summed E-state index contributed by atoms with van der Waals surface area (Å²) in [6, 6.07) is -2.02. The number of aliphatic hydroxyl groups excluding tert-OH is 8. The van der Waals surface area contributed by atoms with Crippen molar-refractivity contribution >= 4 is 11.8 Å². The molecule has 3 saturated heterocycles. The Kier molecular flexibility index (Phi) is 13.4. The highest BCUT2D eigenvalue weighted by atomic mass is 16.8. The highest BCUT2D eigenvalue weighted by molar-refractivity contribution is 5.87. The lowest BCUT2D eigenvalue weighted by Crippen LogP contribution is -2.68. The molecule has 0 spiro atoms. The van der Waals surface area contributed by atoms with Crippen molar-refractivity contribution in [3.05, 3.63) is 45.3 Å². The van der Waals surface area contributed by atoms with Crippen LogP contribution in [0.3, 0.4) is 0 Å². The van der Waals surface area contributed by atoms with Crippen LogP contribution in [0, 0.1) is 5.92 Å². The monoisotopic (exact) mass is 718 g/mol. The van der Waals surface area contributed by atoms with Crippen molar-refractivity contribution in [1.82, 2.24) is 20.2 Å². The molecular formula is C30H46N4O16. The normalized spacial score (nSPS) is 38.3. The number of carbonyl (C=O) groups is 2. The van der Waals surface area contributed by atoms with E-state index >= 15 is 0 Å². The summed E-state index contributed by atoms with van der Waals surface area (Å²) in [6.07, 6.45) is -18.1. The molecule has 15 atom stereocenters. The third kappa shape index (κ3) is 9.02. The molecule has 282 valence electrons. The average molecular weight is 719 g/mol. The van der Waals surface area contributed by atoms with Crippen molar-refractivity contribution in [2.24, 2.45) is 5.92 Å². The predicted octanol–water partition coefficient (Wildman–Crippen LogP) is -5.60. The van der Waals surface area contributed by atoms with Crippen LogP contribution in [0.15, 0.2) is 34.0 Å². The van der Waals surface area contributed by atoms with E-state index in [0.29, 0.717) is 6.42 Å². The highest BCUT2D eigenvalue weighted by Crippen LogP contribution is 2.34. The summed E-state index contributed by atoms with van der Waals surface area (Å²) in [7, 11) is 0. The molecule has 0 aromatic carbocycles. The predicted molar refractivity (Wildman–Crippen MR) is 166 cm³/mol. The Morgan fingerprint density at radius 3 is 2.10 bits per heavy atom. The molecule has 8 unspecified atom stereocenters. The summed E-state index contributed by atoms with van der Waals surface area (Å²) < 4.78 is 23.8. The van der Waals surface area contributed by atoms with Crippen molar-refractivity contribution in [1.29, 1.82) is 0 Å². The lowest BCUT2D eigenvalue weighted by molar-refractivity contribution is -0.346. The molecule has 20 heteroatoms. The maximum atomic E-state index is 12.8. The summed E-state index contributed by atoms with van der Waals surface area (Å²) >= 11 is 0. The van der Waals surface area contributed by atoms with Crippen LogP contribution in [0.4, 0.5) is 0 Å². The van der Waals surface area contributed by atoms with Gasteiger partial charge in [-0.05, 0) is 18.4 Å². The number of allylic oxidation sites excluding steroid dienone is 1. The summed E-state index contributed by atoms with van der Waals surface area (Å²) in [5.74, 6) is -1.16. The first-order valence-corrected chi connectivity index (χ1v) is 16.1. The maximum absolute atomic E-state index is 12.8. The summed E-state index contributed by atoms with van der Waals surface area (Å²) in [5, 5.41) is 90.4. The lowest BCUT2D eigenvalue weighted by atomic mass is 9.91. The van der Waals surface area contributed by atoms with E-state index in [-0.39, 0.29) is 5.92 Å². The fourth-order valence-electron chi connectivity index (χ4n) is 6.01. The van der Waals surface area contributed by atoms with Crippen molar-refractivity contribution < 1.29 is 69.4 Å². The Bertz CT molecular complexity index is 1450. The van der Waals surface area contributed by atoms with Gasteiger partial charge in [0, 0.05) is 25.6 Å². The number of rotatable bonds is 12. The van der Waals surface area contributed by atoms with E-state index in [1.807, 2.05) is 18.8 Å². The molecule has 20 nitrogen and oxygen atoms in total. The fraction of sp³-hybridized carbons (Fsp3) is 0.733. The van der Waals surface area contributed by atoms with Crippen LogP contribution in [-0.2, 0) is 28.5 Å². The van der Waals surface area contributed by atoms with Crippen molar-refractivity contribution in [3.8, 4) is 0 Å². The van der Waals surface area contributed by atoms with E-state index < -0.39 is 128 Å². The maximum Gasteiger partial charge on any atom is 0.330 e. The van der Waals surface area contributed by atoms with Gasteiger partial charge in [-0.3, -0.25) is 23.9 Å². The van der Waals surface area contributed by atoms with Gasteiger partial charge in [0.1, 0.15) is 60.9 Å². The Labute approximate surface area is 284 Å². The first-order chi connectivity index (χ1) is 23.5. The molecule has 0 saturated carbocycles. The molecule has 3 fully saturated rings. The summed E-state index contributed by atoms with van der Waals surface area (Å²) in [4.78, 5) is 50.5. The van der Waals surface area contributed by atoms with Gasteiger partial charge < -0.3 is 70.4 Å². The van der Waals surface area contributed by atoms with Crippen LogP contribution in [-0.4, -0.2) is 155 Å². The molecule has 3 aliphatic heterocycles. The number of ether oxygens (including phenoxy) is 4. The zero-order valence-electron chi connectivity index (χ0n) is 27.5. The fourth-order valence-corrected chi connectivity index (χ4v) is 6.01. The summed E-state index contributed by atoms with van der Waals surface area (Å²) in [6.45, 7) is 4.19. The van der Waals surface area contributed by atoms with Gasteiger partial charge in [0.15, 0.2) is 18.8 Å². The molecule has 0 aliphatic carbocycles. The Morgan fingerprint density at radius 1 is 0.920 bits per heavy atom. The smallest absolute Gasteiger partial charge is 0.330 e. The van der Waals surface area contributed by atoms with Crippen molar-refractivity contribution in [2.75, 3.05) is 6.61 Å². The number of amides is 2. The van der Waals surface area contributed by atoms with Crippen LogP contribution < -0.4 is 21.9 Å². The number of nitrogens with zero attached hydrogens (tertiary/aromatic N) is 1. The van der Waals surface area contributed by atoms with Crippen molar-refractivity contribution in [2.45, 2.75) is 126 Å². The second kappa shape index (κ2) is 16.9. The first kappa shape index (κ1) is 39.7. The quantitative estimate of drug-likeness (QED) is 0.0898. The SMILES string of the molecule is CC(=O)NC1C(O)[C@H](O)C(CO)O[C@@H]1OC1O[C@H](C[C@@H](O)[C@H]2O[C@@H](n3ccc(=O)[nH]c3=O)C(O)C2O)C(O)C(O)[C@H]1NC(=O)C=CCC(C)C. The Hall–Kier alpha value is -3.12. The molecule has 1 aromatic rings. The summed E-state index contributed by atoms with van der Waals surface area (Å²) in [5.41, 5.74) is -1.69. The zero-order chi connectivity index (χ0) is 37.0. The third-order valence-electron chi connectivity index (χ3n) is 8.66. The van der Waals surface area contributed by atoms with Crippen LogP contribution >= 0.6 is 0 Å². The number of hydrogen-bond acceptors (Lipinski definition) is 16. The number of nitrogens with one attached hydrogen (secondary N) is 3. The minimum Gasteiger partial charge on any atom is -0.394 e. The van der Waals surface area contributed by atoms with Crippen molar-refractivity contribution in [3.63, 3.8) is 0 Å². The second-order valence-corrected chi connectivity index (χ2v) is 13.0. The molecule has 0 bridgehead atoms. The number of hydrogen-bond donors (Lipinski definition) is 11. The molecule has 3 aliphatic rings. The van der Waals surface area contributed by atoms with Gasteiger partial charge in [-0.25, -0.2) is 4.79 Å². The Morgan fingerprint density at radius 2 is 1.52 bits per heavy atom. The van der Waals surface area contributed by atoms with Gasteiger partial charge in [0.05, 0.1) is 18.8 Å². The van der Waals surface area contributed by atoms with E-state index in [4.69, 9.17) is 18.9 Å². The van der Waals surface area contributed by atoms with Crippen LogP contribution in [0.25, 0.3) is 0 Å². The van der Waals surface area contributed by atoms with Gasteiger partial charge in [0.25, 0.3) is 5.56 Å². The second-order valence-electron chi connectivity index (χ2n) is 13.0. The molecule has 2 amide bonds. The average Bonchev–Trinajstić information content (AvgIpc) is 3.34. The topological polar surface area (TPSA) is 312 Å². The number of aromatic nitrogens is 2. The Balaban J connectivity index is 1.58. The number of H-pyrrole nitrogens is 1. The minimum absolute atomic E-state index is 0.222. The molecule has 1 aromatic heterocycles. The molecule has 4 rings (SSSR count). The van der Waals surface area contributed by atoms with E-state index in [9.17, 15) is 60.0 Å². The van der Waals surface area contributed by atoms with Crippen LogP contribution in [0.2, 0.25) is 0 Å². The molecule has 11 N–H and O–H groups in total. The van der Waals surface area contributed by atoms with Crippen LogP contribution in [0.5, 0.6) is 0 Å². The highest BCUT2D eigenvalue weighted by Gasteiger charge is 2.53. The largest absolute Gasteiger partial charge is 0.394 e. The number of aliphatic hydroxyl groups is 8. The standard InChI is InChI=1S/C30H46N4O16/c1-11(2)5-4-6-16(38)32-19-23(43)20(40)14(47-29(19)50-28-18(31-12(3)36)22(42)21(41)15(10-35)48-28)9-13(37)26-24(44)25(45)27(49-26)34-8-7-17(39)33-30(34)46/h4,6-8,11,13-15,18-29,35,37,40-45H,5,9-10H2,1-3H3,(H,31,36)(H,32,38)(H,33,39,46)/t13-,14-,15?,18?,19-,20?,21-,22?,23?,24?,25?,26-,27-,28-,29?/m1/s1. The molecular weight excluding hydrogens is 672 g/mol. The minimum atomic E-state index is -1.85. The number of aromatic amines is 1. The van der Waals surface area contributed by atoms with E-state index in [1.54, 1.807) is 6.08 Å².